The quantitative estimate of drug-likeness (QED) is 0.120. The molecule has 1 atom stereocenters. The number of halogens is 3. The zero-order valence-electron chi connectivity index (χ0n) is 29.0. The Morgan fingerprint density at radius 1 is 0.725 bits per heavy atom. The van der Waals surface area contributed by atoms with E-state index in [1.807, 2.05) is 32.1 Å². The monoisotopic (exact) mass is 890 g/mol. The van der Waals surface area contributed by atoms with Crippen LogP contribution in [0.4, 0.5) is 13.2 Å². The van der Waals surface area contributed by atoms with Crippen molar-refractivity contribution in [1.29, 1.82) is 0 Å². The van der Waals surface area contributed by atoms with E-state index < -0.39 is 23.5 Å². The van der Waals surface area contributed by atoms with Crippen LogP contribution in [0.25, 0.3) is 0 Å². The average Bonchev–Trinajstić information content (AvgIpc) is 3.84. The van der Waals surface area contributed by atoms with Crippen LogP contribution in [0.2, 0.25) is 0 Å². The fourth-order valence-electron chi connectivity index (χ4n) is 6.73. The Balaban J connectivity index is 0.000000604. The molecule has 0 N–H and O–H groups in total. The van der Waals surface area contributed by atoms with Crippen LogP contribution in [0, 0.1) is 83.2 Å². The third-order valence-electron chi connectivity index (χ3n) is 8.82. The van der Waals surface area contributed by atoms with Gasteiger partial charge in [-0.2, -0.15) is 13.2 Å². The molecular weight excluding hydrogens is 842 g/mol. The van der Waals surface area contributed by atoms with Crippen LogP contribution >= 0.6 is 15.8 Å². The summed E-state index contributed by atoms with van der Waals surface area (Å²) in [5, 5.41) is 2.97. The Kier molecular flexibility index (Phi) is 25.2. The van der Waals surface area contributed by atoms with Crippen LogP contribution in [0.1, 0.15) is 71.1 Å². The smallest absolute Gasteiger partial charge is 0.485 e. The van der Waals surface area contributed by atoms with Crippen LogP contribution in [0.5, 0.6) is 0 Å². The molecule has 0 spiro atoms. The minimum atomic E-state index is -6.09. The van der Waals surface area contributed by atoms with Crippen molar-refractivity contribution < 1.29 is 63.6 Å². The first kappa shape index (κ1) is 49.2. The summed E-state index contributed by atoms with van der Waals surface area (Å²) in [6.45, 7) is 9.12. The summed E-state index contributed by atoms with van der Waals surface area (Å²) >= 11 is 0. The number of rotatable bonds is 7. The second kappa shape index (κ2) is 26.1. The van der Waals surface area contributed by atoms with Crippen LogP contribution in [-0.2, 0) is 47.6 Å². The zero-order chi connectivity index (χ0) is 35.7. The number of hydrogen-bond acceptors (Lipinski definition) is 3. The second-order valence-corrected chi connectivity index (χ2v) is 18.9. The number of alkyl halides is 3. The molecule has 0 unspecified atom stereocenters. The van der Waals surface area contributed by atoms with Crippen molar-refractivity contribution >= 4 is 36.6 Å². The normalized spacial score (nSPS) is 19.7. The summed E-state index contributed by atoms with van der Waals surface area (Å²) in [5.41, 5.74) is -1.32. The maximum absolute atomic E-state index is 10.7. The van der Waals surface area contributed by atoms with Gasteiger partial charge in [0.05, 0.1) is 0 Å². The van der Waals surface area contributed by atoms with E-state index in [0.29, 0.717) is 5.66 Å². The van der Waals surface area contributed by atoms with Gasteiger partial charge in [0.15, 0.2) is 10.1 Å². The Bertz CT molecular complexity index is 1200. The molecule has 51 heavy (non-hydrogen) atoms. The molecule has 0 aliphatic heterocycles. The van der Waals surface area contributed by atoms with Gasteiger partial charge in [-0.25, -0.2) is 8.42 Å². The minimum absolute atomic E-state index is 0. The van der Waals surface area contributed by atoms with Gasteiger partial charge in [0.2, 0.25) is 0 Å². The Morgan fingerprint density at radius 3 is 1.41 bits per heavy atom. The molecule has 0 aromatic heterocycles. The summed E-state index contributed by atoms with van der Waals surface area (Å²) in [5.74, 6) is 1.68. The Morgan fingerprint density at radius 2 is 1.08 bits per heavy atom. The van der Waals surface area contributed by atoms with Crippen molar-refractivity contribution in [3.63, 3.8) is 0 Å². The maximum Gasteiger partial charge on any atom is 0.485 e. The van der Waals surface area contributed by atoms with Gasteiger partial charge in [-0.1, -0.05) is 114 Å². The molecule has 4 saturated carbocycles. The van der Waals surface area contributed by atoms with Crippen molar-refractivity contribution in [1.82, 2.24) is 0 Å². The fraction of sp³-hybridized carbons (Fsp3) is 0.375. The first-order chi connectivity index (χ1) is 23.5. The molecule has 4 aliphatic carbocycles. The first-order valence-electron chi connectivity index (χ1n) is 17.0. The second-order valence-electron chi connectivity index (χ2n) is 12.2. The fourth-order valence-corrected chi connectivity index (χ4v) is 13.7. The van der Waals surface area contributed by atoms with Gasteiger partial charge < -0.3 is 4.55 Å². The predicted octanol–water partition coefficient (Wildman–Crippen LogP) is 10.3. The van der Waals surface area contributed by atoms with Crippen molar-refractivity contribution in [2.45, 2.75) is 93.6 Å². The van der Waals surface area contributed by atoms with Crippen LogP contribution < -0.4 is 10.6 Å². The molecule has 283 valence electrons. The topological polar surface area (TPSA) is 57.2 Å². The van der Waals surface area contributed by atoms with Gasteiger partial charge >= 0.3 is 5.51 Å². The molecule has 3 nitrogen and oxygen atoms in total. The summed E-state index contributed by atoms with van der Waals surface area (Å²) in [7, 11) is -6.58. The van der Waals surface area contributed by atoms with Crippen LogP contribution in [0.3, 0.4) is 0 Å². The summed E-state index contributed by atoms with van der Waals surface area (Å²) < 4.78 is 58.9. The van der Waals surface area contributed by atoms with E-state index in [4.69, 9.17) is 13.0 Å². The minimum Gasteiger partial charge on any atom is -0.741 e. The third-order valence-corrected chi connectivity index (χ3v) is 15.8. The standard InChI is InChI=1S/C31H39P2.C5H5.C3H5.CHF3O3S.Fe.Pd/c1-25(32(26-15-6-2-7-16-26)27-17-8-3-9-18-27)30-23-14-24-31(30)33(28-19-10-4-11-20-28)29-21-12-5-13-22-29;1-2-4-5-3-1;1-3-2;2-1(3,4)8(5,6)7;;/h4-5,10-14,19-27H,2-3,6-9,15-18H2,1H3;1-5H;3H,1-2H2;(H,5,6,7);;/p-1/t25-;;;;;/m1...../s1. The molecule has 0 heterocycles. The van der Waals surface area contributed by atoms with Gasteiger partial charge in [-0.05, 0) is 139 Å². The maximum atomic E-state index is 10.7. The Labute approximate surface area is 335 Å². The predicted molar refractivity (Wildman–Crippen MR) is 201 cm³/mol. The van der Waals surface area contributed by atoms with E-state index in [1.54, 1.807) is 11.6 Å². The van der Waals surface area contributed by atoms with Gasteiger partial charge in [0.25, 0.3) is 0 Å². The van der Waals surface area contributed by atoms with Gasteiger partial charge in [-0.15, -0.1) is 0 Å². The van der Waals surface area contributed by atoms with E-state index in [2.05, 4.69) is 101 Å². The molecule has 0 saturated heterocycles. The van der Waals surface area contributed by atoms with Gasteiger partial charge in [0.1, 0.15) is 0 Å². The van der Waals surface area contributed by atoms with Gasteiger partial charge in [-0.3, -0.25) is 0 Å². The molecule has 0 amide bonds. The molecular formula is C40H49F3FeO3P2PdS-. The molecule has 6 rings (SSSR count). The van der Waals surface area contributed by atoms with E-state index in [0.717, 1.165) is 11.3 Å². The molecule has 13 radical (unpaired) electrons. The van der Waals surface area contributed by atoms with E-state index >= 15 is 0 Å². The summed E-state index contributed by atoms with van der Waals surface area (Å²) in [6.07, 6.45) is 33.6. The summed E-state index contributed by atoms with van der Waals surface area (Å²) in [4.78, 5) is 0. The molecule has 4 fully saturated rings. The molecule has 0 bridgehead atoms. The first-order valence-corrected chi connectivity index (χ1v) is 21.3. The third kappa shape index (κ3) is 16.4. The largest absolute Gasteiger partial charge is 0.741 e. The molecule has 4 aliphatic rings. The molecule has 2 aromatic rings. The number of hydrogen-bond donors (Lipinski definition) is 0. The zero-order valence-corrected chi connectivity index (χ0v) is 34.3. The molecule has 2 aromatic carbocycles. The van der Waals surface area contributed by atoms with E-state index in [1.165, 1.54) is 81.2 Å². The van der Waals surface area contributed by atoms with Crippen molar-refractivity contribution in [3.05, 3.63) is 144 Å². The average molecular weight is 891 g/mol. The van der Waals surface area contributed by atoms with Crippen molar-refractivity contribution in [3.8, 4) is 0 Å². The van der Waals surface area contributed by atoms with E-state index in [-0.39, 0.29) is 45.4 Å². The number of benzene rings is 2. The van der Waals surface area contributed by atoms with Crippen LogP contribution in [0.15, 0.2) is 60.7 Å². The van der Waals surface area contributed by atoms with E-state index in [9.17, 15) is 13.2 Å². The Hall–Kier alpha value is 0.182. The van der Waals surface area contributed by atoms with Gasteiger partial charge in [0, 0.05) is 43.2 Å². The van der Waals surface area contributed by atoms with Crippen molar-refractivity contribution in [2.24, 2.45) is 0 Å². The van der Waals surface area contributed by atoms with Crippen molar-refractivity contribution in [2.75, 3.05) is 0 Å². The SMILES string of the molecule is C[C@H]([C]1[CH][CH][CH][C]1P(c1ccccc1)c1ccccc1)P(C1CCCCC1)C1CCCCC1.O=S(=O)([O-])C(F)(F)F.[CH2][CH][CH2].[CH]1[CH][CH][CH][CH]1.[Fe].[Pd]. The van der Waals surface area contributed by atoms with Crippen LogP contribution in [-0.4, -0.2) is 35.5 Å². The molecule has 11 heteroatoms. The summed E-state index contributed by atoms with van der Waals surface area (Å²) in [6, 6.07) is 22.6.